The molecule has 0 unspecified atom stereocenters. The van der Waals surface area contributed by atoms with Crippen molar-refractivity contribution >= 4 is 5.78 Å². The van der Waals surface area contributed by atoms with Crippen molar-refractivity contribution < 1.29 is 9.21 Å². The van der Waals surface area contributed by atoms with Crippen molar-refractivity contribution in [2.75, 3.05) is 0 Å². The quantitative estimate of drug-likeness (QED) is 0.752. The van der Waals surface area contributed by atoms with Crippen LogP contribution >= 0.6 is 0 Å². The molecule has 0 bridgehead atoms. The van der Waals surface area contributed by atoms with Gasteiger partial charge in [-0.15, -0.1) is 0 Å². The Morgan fingerprint density at radius 2 is 1.83 bits per heavy atom. The lowest BCUT2D eigenvalue weighted by atomic mass is 9.82. The maximum Gasteiger partial charge on any atom is 0.228 e. The van der Waals surface area contributed by atoms with Gasteiger partial charge in [0.2, 0.25) is 5.78 Å². The molecule has 0 spiro atoms. The monoisotopic (exact) mass is 242 g/mol. The summed E-state index contributed by atoms with van der Waals surface area (Å²) in [6, 6.07) is 11.2. The topological polar surface area (TPSA) is 30.2 Å². The van der Waals surface area contributed by atoms with Gasteiger partial charge in [0.1, 0.15) is 0 Å². The van der Waals surface area contributed by atoms with Crippen LogP contribution in [0.5, 0.6) is 0 Å². The maximum absolute atomic E-state index is 12.0. The number of hydrogen-bond donors (Lipinski definition) is 0. The van der Waals surface area contributed by atoms with Crippen molar-refractivity contribution in [2.45, 2.75) is 32.6 Å². The van der Waals surface area contributed by atoms with Gasteiger partial charge < -0.3 is 4.42 Å². The van der Waals surface area contributed by atoms with Crippen molar-refractivity contribution in [1.29, 1.82) is 0 Å². The molecule has 0 amide bonds. The molecular weight excluding hydrogens is 224 g/mol. The molecule has 2 nitrogen and oxygen atoms in total. The van der Waals surface area contributed by atoms with Gasteiger partial charge in [0.15, 0.2) is 5.76 Å². The van der Waals surface area contributed by atoms with Crippen molar-refractivity contribution in [1.82, 2.24) is 0 Å². The van der Waals surface area contributed by atoms with E-state index in [1.165, 1.54) is 11.8 Å². The predicted molar refractivity (Wildman–Crippen MR) is 71.9 cm³/mol. The number of hydrogen-bond acceptors (Lipinski definition) is 2. The molecule has 0 radical (unpaired) electrons. The Bertz CT molecular complexity index is 519. The summed E-state index contributed by atoms with van der Waals surface area (Å²) in [7, 11) is 0. The minimum Gasteiger partial charge on any atom is -0.461 e. The first-order chi connectivity index (χ1) is 8.54. The van der Waals surface area contributed by atoms with Gasteiger partial charge in [-0.25, -0.2) is 0 Å². The summed E-state index contributed by atoms with van der Waals surface area (Å²) in [4.78, 5) is 12.0. The minimum absolute atomic E-state index is 0.0687. The van der Waals surface area contributed by atoms with Crippen LogP contribution in [0.4, 0.5) is 0 Å². The molecule has 2 heteroatoms. The van der Waals surface area contributed by atoms with Crippen LogP contribution in [0, 0.1) is 0 Å². The Morgan fingerprint density at radius 3 is 2.33 bits per heavy atom. The molecule has 0 saturated heterocycles. The molecule has 1 aromatic carbocycles. The van der Waals surface area contributed by atoms with Gasteiger partial charge >= 0.3 is 0 Å². The highest BCUT2D eigenvalue weighted by atomic mass is 16.3. The third-order valence-electron chi connectivity index (χ3n) is 3.56. The molecule has 0 fully saturated rings. The van der Waals surface area contributed by atoms with Crippen LogP contribution in [-0.4, -0.2) is 5.78 Å². The van der Waals surface area contributed by atoms with Crippen molar-refractivity contribution in [3.05, 3.63) is 59.5 Å². The zero-order valence-corrected chi connectivity index (χ0v) is 11.1. The number of ketones is 1. The van der Waals surface area contributed by atoms with Crippen molar-refractivity contribution in [2.24, 2.45) is 0 Å². The highest BCUT2D eigenvalue weighted by Gasteiger charge is 2.18. The van der Waals surface area contributed by atoms with Crippen molar-refractivity contribution in [3.8, 4) is 0 Å². The number of carbonyl (C=O) groups excluding carboxylic acids is 1. The number of carbonyl (C=O) groups is 1. The van der Waals surface area contributed by atoms with Gasteiger partial charge in [-0.1, -0.05) is 45.0 Å². The molecule has 0 N–H and O–H groups in total. The highest BCUT2D eigenvalue weighted by molar-refractivity contribution is 6.07. The average molecular weight is 242 g/mol. The minimum atomic E-state index is -0.0687. The first-order valence-corrected chi connectivity index (χ1v) is 6.23. The van der Waals surface area contributed by atoms with Crippen LogP contribution < -0.4 is 0 Å². The molecule has 2 rings (SSSR count). The van der Waals surface area contributed by atoms with E-state index in [1.54, 1.807) is 12.1 Å². The normalized spacial score (nSPS) is 11.5. The fourth-order valence-electron chi connectivity index (χ4n) is 1.83. The summed E-state index contributed by atoms with van der Waals surface area (Å²) >= 11 is 0. The number of benzene rings is 1. The molecule has 1 aromatic heterocycles. The molecule has 0 saturated carbocycles. The standard InChI is InChI=1S/C16H18O2/c1-4-16(2,3)13-9-7-12(8-10-13)15(17)14-6-5-11-18-14/h5-11H,4H2,1-3H3. The van der Waals surface area contributed by atoms with Crippen molar-refractivity contribution in [3.63, 3.8) is 0 Å². The first kappa shape index (κ1) is 12.6. The molecule has 2 aromatic rings. The van der Waals surface area contributed by atoms with Gasteiger partial charge in [-0.3, -0.25) is 4.79 Å². The predicted octanol–water partition coefficient (Wildman–Crippen LogP) is 4.20. The Hall–Kier alpha value is -1.83. The second-order valence-electron chi connectivity index (χ2n) is 5.12. The van der Waals surface area contributed by atoms with Crippen LogP contribution in [-0.2, 0) is 5.41 Å². The first-order valence-electron chi connectivity index (χ1n) is 6.23. The van der Waals surface area contributed by atoms with Gasteiger partial charge in [0.25, 0.3) is 0 Å². The summed E-state index contributed by atoms with van der Waals surface area (Å²) in [5, 5.41) is 0. The average Bonchev–Trinajstić information content (AvgIpc) is 2.92. The van der Waals surface area contributed by atoms with E-state index in [9.17, 15) is 4.79 Å². The lowest BCUT2D eigenvalue weighted by Gasteiger charge is -2.23. The third kappa shape index (κ3) is 2.37. The molecule has 1 heterocycles. The van der Waals surface area contributed by atoms with Crippen LogP contribution in [0.15, 0.2) is 47.1 Å². The summed E-state index contributed by atoms with van der Waals surface area (Å²) in [6.07, 6.45) is 2.58. The zero-order valence-electron chi connectivity index (χ0n) is 11.1. The molecule has 0 aliphatic heterocycles. The summed E-state index contributed by atoms with van der Waals surface area (Å²) in [5.74, 6) is 0.318. The van der Waals surface area contributed by atoms with E-state index >= 15 is 0 Å². The zero-order chi connectivity index (χ0) is 13.2. The van der Waals surface area contributed by atoms with E-state index in [4.69, 9.17) is 4.42 Å². The smallest absolute Gasteiger partial charge is 0.228 e. The second-order valence-corrected chi connectivity index (χ2v) is 5.12. The van der Waals surface area contributed by atoms with E-state index < -0.39 is 0 Å². The molecule has 94 valence electrons. The lowest BCUT2D eigenvalue weighted by molar-refractivity contribution is 0.101. The largest absolute Gasteiger partial charge is 0.461 e. The van der Waals surface area contributed by atoms with E-state index in [2.05, 4.69) is 20.8 Å². The number of rotatable bonds is 4. The molecule has 0 aliphatic rings. The fraction of sp³-hybridized carbons (Fsp3) is 0.312. The van der Waals surface area contributed by atoms with Gasteiger partial charge in [-0.2, -0.15) is 0 Å². The van der Waals surface area contributed by atoms with Gasteiger partial charge in [0.05, 0.1) is 6.26 Å². The highest BCUT2D eigenvalue weighted by Crippen LogP contribution is 2.27. The van der Waals surface area contributed by atoms with E-state index in [-0.39, 0.29) is 11.2 Å². The van der Waals surface area contributed by atoms with Gasteiger partial charge in [0, 0.05) is 5.56 Å². The third-order valence-corrected chi connectivity index (χ3v) is 3.56. The second kappa shape index (κ2) is 4.81. The Labute approximate surface area is 108 Å². The lowest BCUT2D eigenvalue weighted by Crippen LogP contribution is -2.15. The summed E-state index contributed by atoms with van der Waals surface area (Å²) in [5.41, 5.74) is 2.06. The number of furan rings is 1. The molecule has 18 heavy (non-hydrogen) atoms. The molecule has 0 aliphatic carbocycles. The molecular formula is C16H18O2. The summed E-state index contributed by atoms with van der Waals surface area (Å²) < 4.78 is 5.12. The Morgan fingerprint density at radius 1 is 1.17 bits per heavy atom. The molecule has 0 atom stereocenters. The Balaban J connectivity index is 2.26. The van der Waals surface area contributed by atoms with Gasteiger partial charge in [-0.05, 0) is 29.5 Å². The summed E-state index contributed by atoms with van der Waals surface area (Å²) in [6.45, 7) is 6.58. The maximum atomic E-state index is 12.0. The van der Waals surface area contributed by atoms with Crippen LogP contribution in [0.3, 0.4) is 0 Å². The van der Waals surface area contributed by atoms with Crippen LogP contribution in [0.25, 0.3) is 0 Å². The van der Waals surface area contributed by atoms with E-state index in [1.807, 2.05) is 24.3 Å². The van der Waals surface area contributed by atoms with Crippen LogP contribution in [0.2, 0.25) is 0 Å². The fourth-order valence-corrected chi connectivity index (χ4v) is 1.83. The van der Waals surface area contributed by atoms with E-state index in [0.717, 1.165) is 6.42 Å². The Kier molecular flexibility index (Phi) is 3.37. The van der Waals surface area contributed by atoms with E-state index in [0.29, 0.717) is 11.3 Å². The SMILES string of the molecule is CCC(C)(C)c1ccc(C(=O)c2ccco2)cc1. The van der Waals surface area contributed by atoms with Crippen LogP contribution in [0.1, 0.15) is 48.9 Å².